The molecule has 27 heavy (non-hydrogen) atoms. The van der Waals surface area contributed by atoms with E-state index in [2.05, 4.69) is 5.32 Å². The number of methoxy groups -OCH3 is 1. The zero-order chi connectivity index (χ0) is 21.0. The molecule has 0 bridgehead atoms. The highest BCUT2D eigenvalue weighted by molar-refractivity contribution is 6.02. The lowest BCUT2D eigenvalue weighted by Gasteiger charge is -2.23. The Kier molecular flexibility index (Phi) is 10.7. The van der Waals surface area contributed by atoms with Gasteiger partial charge in [0.1, 0.15) is 0 Å². The van der Waals surface area contributed by atoms with Crippen LogP contribution in [0.25, 0.3) is 0 Å². The van der Waals surface area contributed by atoms with Crippen molar-refractivity contribution < 1.29 is 34.4 Å². The van der Waals surface area contributed by atoms with Crippen molar-refractivity contribution in [1.82, 2.24) is 4.90 Å². The number of carboxylic acids is 3. The summed E-state index contributed by atoms with van der Waals surface area (Å²) in [6.07, 6.45) is -0.310. The number of rotatable bonds is 11. The van der Waals surface area contributed by atoms with Crippen molar-refractivity contribution in [3.8, 4) is 0 Å². The molecule has 1 rings (SSSR count). The van der Waals surface area contributed by atoms with Crippen LogP contribution in [0.1, 0.15) is 19.4 Å². The molecule has 0 fully saturated rings. The average molecular weight is 384 g/mol. The van der Waals surface area contributed by atoms with Crippen LogP contribution in [-0.2, 0) is 25.5 Å². The van der Waals surface area contributed by atoms with E-state index in [0.29, 0.717) is 18.7 Å². The van der Waals surface area contributed by atoms with E-state index < -0.39 is 23.5 Å². The summed E-state index contributed by atoms with van der Waals surface area (Å²) in [5.41, 5.74) is -1.07. The predicted octanol–water partition coefficient (Wildman–Crippen LogP) is 1.24. The second kappa shape index (κ2) is 11.9. The van der Waals surface area contributed by atoms with Gasteiger partial charge in [-0.05, 0) is 24.7 Å². The van der Waals surface area contributed by atoms with E-state index >= 15 is 0 Å². The molecule has 152 valence electrons. The lowest BCUT2D eigenvalue weighted by atomic mass is 9.94. The fourth-order valence-corrected chi connectivity index (χ4v) is 2.22. The summed E-state index contributed by atoms with van der Waals surface area (Å²) in [4.78, 5) is 34.8. The van der Waals surface area contributed by atoms with Gasteiger partial charge in [0.2, 0.25) is 0 Å². The monoisotopic (exact) mass is 384 g/mol. The number of aliphatic carboxylic acids is 3. The van der Waals surface area contributed by atoms with Gasteiger partial charge >= 0.3 is 17.9 Å². The van der Waals surface area contributed by atoms with Crippen LogP contribution in [0.3, 0.4) is 0 Å². The Balaban J connectivity index is 0.00000326. The first-order chi connectivity index (χ1) is 12.7. The molecule has 4 N–H and O–H groups in total. The van der Waals surface area contributed by atoms with Crippen molar-refractivity contribution in [3.05, 3.63) is 29.8 Å². The topological polar surface area (TPSA) is 136 Å². The highest BCUT2D eigenvalue weighted by Gasteiger charge is 2.47. The molecule has 0 radical (unpaired) electrons. The molecular formula is C18H28N2O7. The fraction of sp³-hybridized carbons (Fsp3) is 0.500. The van der Waals surface area contributed by atoms with Gasteiger partial charge in [-0.2, -0.15) is 0 Å². The van der Waals surface area contributed by atoms with Crippen molar-refractivity contribution in [2.24, 2.45) is 0 Å². The second-order valence-corrected chi connectivity index (χ2v) is 5.57. The fourth-order valence-electron chi connectivity index (χ4n) is 2.22. The Hall–Kier alpha value is -2.65. The van der Waals surface area contributed by atoms with Gasteiger partial charge in [-0.1, -0.05) is 26.0 Å². The quantitative estimate of drug-likeness (QED) is 0.415. The van der Waals surface area contributed by atoms with E-state index in [1.165, 1.54) is 0 Å². The molecule has 0 amide bonds. The van der Waals surface area contributed by atoms with Crippen LogP contribution in [0.2, 0.25) is 0 Å². The average Bonchev–Trinajstić information content (AvgIpc) is 2.61. The highest BCUT2D eigenvalue weighted by atomic mass is 16.5. The number of ether oxygens (including phenoxy) is 1. The number of likely N-dealkylation sites (N-methyl/N-ethyl adjacent to an activating group) is 1. The number of carboxylic acid groups (broad SMARTS) is 3. The molecule has 0 saturated heterocycles. The van der Waals surface area contributed by atoms with Crippen molar-refractivity contribution >= 4 is 23.6 Å². The molecule has 9 nitrogen and oxygen atoms in total. The Morgan fingerprint density at radius 2 is 1.59 bits per heavy atom. The van der Waals surface area contributed by atoms with Gasteiger partial charge in [0, 0.05) is 32.3 Å². The number of hydrogen-bond acceptors (Lipinski definition) is 6. The minimum Gasteiger partial charge on any atom is -0.480 e. The molecule has 0 aliphatic heterocycles. The minimum atomic E-state index is -2.32. The van der Waals surface area contributed by atoms with Crippen molar-refractivity contribution in [2.45, 2.75) is 25.9 Å². The van der Waals surface area contributed by atoms with Gasteiger partial charge in [0.15, 0.2) is 0 Å². The maximum absolute atomic E-state index is 11.3. The number of benzene rings is 1. The van der Waals surface area contributed by atoms with Gasteiger partial charge in [0.25, 0.3) is 5.60 Å². The van der Waals surface area contributed by atoms with Crippen LogP contribution >= 0.6 is 0 Å². The van der Waals surface area contributed by atoms with Gasteiger partial charge in [-0.3, -0.25) is 9.69 Å². The standard InChI is InChI=1S/C16H22N2O7.C2H6/c1-18(10-13(19)20)8-7-17-12-5-3-11(4-6-12)9-16(25-2,14(21)22)15(23)24;1-2/h3-6,17H,7-10H2,1-2H3,(H,19,20)(H,21,22)(H,23,24);1-2H3. The van der Waals surface area contributed by atoms with E-state index in [4.69, 9.17) is 9.84 Å². The smallest absolute Gasteiger partial charge is 0.348 e. The van der Waals surface area contributed by atoms with Crippen molar-refractivity contribution in [3.63, 3.8) is 0 Å². The summed E-state index contributed by atoms with van der Waals surface area (Å²) in [5.74, 6) is -4.03. The van der Waals surface area contributed by atoms with Crippen LogP contribution in [0.4, 0.5) is 5.69 Å². The summed E-state index contributed by atoms with van der Waals surface area (Å²) >= 11 is 0. The van der Waals surface area contributed by atoms with Crippen molar-refractivity contribution in [2.75, 3.05) is 39.1 Å². The second-order valence-electron chi connectivity index (χ2n) is 5.57. The van der Waals surface area contributed by atoms with E-state index in [-0.39, 0.29) is 13.0 Å². The third-order valence-corrected chi connectivity index (χ3v) is 3.67. The van der Waals surface area contributed by atoms with Crippen LogP contribution in [0.15, 0.2) is 24.3 Å². The summed E-state index contributed by atoms with van der Waals surface area (Å²) in [6.45, 7) is 5.00. The number of anilines is 1. The minimum absolute atomic E-state index is 0.0515. The van der Waals surface area contributed by atoms with Gasteiger partial charge in [-0.15, -0.1) is 0 Å². The number of carbonyl (C=O) groups is 3. The van der Waals surface area contributed by atoms with Crippen LogP contribution < -0.4 is 5.32 Å². The molecule has 0 unspecified atom stereocenters. The van der Waals surface area contributed by atoms with E-state index in [1.54, 1.807) is 36.2 Å². The van der Waals surface area contributed by atoms with E-state index in [1.807, 2.05) is 13.8 Å². The van der Waals surface area contributed by atoms with Crippen LogP contribution in [0.5, 0.6) is 0 Å². The van der Waals surface area contributed by atoms with E-state index in [0.717, 1.165) is 12.8 Å². The van der Waals surface area contributed by atoms with Crippen LogP contribution in [-0.4, -0.2) is 77.5 Å². The lowest BCUT2D eigenvalue weighted by Crippen LogP contribution is -2.50. The molecule has 1 aromatic carbocycles. The maximum atomic E-state index is 11.3. The predicted molar refractivity (Wildman–Crippen MR) is 100 cm³/mol. The third-order valence-electron chi connectivity index (χ3n) is 3.67. The molecule has 0 spiro atoms. The Labute approximate surface area is 158 Å². The maximum Gasteiger partial charge on any atom is 0.348 e. The van der Waals surface area contributed by atoms with Gasteiger partial charge in [-0.25, -0.2) is 9.59 Å². The molecule has 1 aromatic rings. The highest BCUT2D eigenvalue weighted by Crippen LogP contribution is 2.20. The lowest BCUT2D eigenvalue weighted by molar-refractivity contribution is -0.179. The summed E-state index contributed by atoms with van der Waals surface area (Å²) in [7, 11) is 2.74. The Morgan fingerprint density at radius 1 is 1.07 bits per heavy atom. The molecule has 0 saturated carbocycles. The van der Waals surface area contributed by atoms with Gasteiger partial charge in [0.05, 0.1) is 6.54 Å². The SMILES string of the molecule is CC.COC(Cc1ccc(NCCN(C)CC(=O)O)cc1)(C(=O)O)C(=O)O. The third kappa shape index (κ3) is 7.63. The number of nitrogens with zero attached hydrogens (tertiary/aromatic N) is 1. The summed E-state index contributed by atoms with van der Waals surface area (Å²) in [5, 5.41) is 30.1. The molecule has 0 atom stereocenters. The van der Waals surface area contributed by atoms with Crippen molar-refractivity contribution in [1.29, 1.82) is 0 Å². The zero-order valence-electron chi connectivity index (χ0n) is 16.1. The first kappa shape index (κ1) is 24.4. The zero-order valence-corrected chi connectivity index (χ0v) is 16.1. The largest absolute Gasteiger partial charge is 0.480 e. The van der Waals surface area contributed by atoms with Crippen LogP contribution in [0, 0.1) is 0 Å². The Morgan fingerprint density at radius 3 is 2.00 bits per heavy atom. The number of nitrogens with one attached hydrogen (secondary N) is 1. The summed E-state index contributed by atoms with van der Waals surface area (Å²) < 4.78 is 4.75. The first-order valence-corrected chi connectivity index (χ1v) is 8.46. The molecule has 0 aliphatic rings. The number of hydrogen-bond donors (Lipinski definition) is 4. The normalized spacial score (nSPS) is 10.7. The summed E-state index contributed by atoms with van der Waals surface area (Å²) in [6, 6.07) is 6.61. The van der Waals surface area contributed by atoms with Gasteiger partial charge < -0.3 is 25.4 Å². The first-order valence-electron chi connectivity index (χ1n) is 8.46. The molecule has 0 heterocycles. The molecule has 9 heteroatoms. The molecule has 0 aromatic heterocycles. The molecule has 0 aliphatic carbocycles. The molecular weight excluding hydrogens is 356 g/mol. The Bertz CT molecular complexity index is 603. The van der Waals surface area contributed by atoms with E-state index in [9.17, 15) is 24.6 Å².